The molecule has 0 aliphatic rings. The number of aromatic nitrogens is 3. The van der Waals surface area contributed by atoms with Gasteiger partial charge in [-0.15, -0.1) is 5.10 Å². The molecule has 2 rings (SSSR count). The van der Waals surface area contributed by atoms with Crippen molar-refractivity contribution >= 4 is 15.9 Å². The van der Waals surface area contributed by atoms with Crippen LogP contribution in [0.15, 0.2) is 28.9 Å². The Hall–Kier alpha value is -1.27. The average Bonchev–Trinajstić information content (AvgIpc) is 2.80. The van der Waals surface area contributed by atoms with Crippen LogP contribution in [0.4, 0.5) is 4.39 Å². The molecule has 6 heteroatoms. The lowest BCUT2D eigenvalue weighted by Gasteiger charge is -2.05. The van der Waals surface area contributed by atoms with Gasteiger partial charge in [0.05, 0.1) is 22.9 Å². The summed E-state index contributed by atoms with van der Waals surface area (Å²) >= 11 is 3.25. The third-order valence-electron chi connectivity index (χ3n) is 2.64. The van der Waals surface area contributed by atoms with Crippen LogP contribution in [0.3, 0.4) is 0 Å². The lowest BCUT2D eigenvalue weighted by molar-refractivity contribution is 0.580. The first-order valence-electron chi connectivity index (χ1n) is 6.11. The molecular weight excluding hydrogens is 311 g/mol. The number of benzene rings is 1. The molecule has 1 N–H and O–H groups in total. The molecular formula is C13H16BrFN4. The molecule has 1 aromatic carbocycles. The third-order valence-corrected chi connectivity index (χ3v) is 3.53. The van der Waals surface area contributed by atoms with Crippen molar-refractivity contribution in [1.29, 1.82) is 0 Å². The molecule has 1 heterocycles. The molecule has 4 nitrogen and oxygen atoms in total. The summed E-state index contributed by atoms with van der Waals surface area (Å²) in [6.07, 6.45) is 1.87. The fourth-order valence-electron chi connectivity index (χ4n) is 1.65. The molecule has 0 fully saturated rings. The lowest BCUT2D eigenvalue weighted by Crippen LogP contribution is -2.21. The molecule has 1 aromatic heterocycles. The van der Waals surface area contributed by atoms with Crippen LogP contribution in [0, 0.1) is 5.82 Å². The summed E-state index contributed by atoms with van der Waals surface area (Å²) in [6.45, 7) is 5.33. The molecule has 0 aliphatic heterocycles. The first kappa shape index (κ1) is 14.1. The Morgan fingerprint density at radius 1 is 1.42 bits per heavy atom. The third kappa shape index (κ3) is 3.84. The Morgan fingerprint density at radius 3 is 2.95 bits per heavy atom. The van der Waals surface area contributed by atoms with Crippen molar-refractivity contribution in [3.63, 3.8) is 0 Å². The van der Waals surface area contributed by atoms with Gasteiger partial charge in [0.25, 0.3) is 0 Å². The van der Waals surface area contributed by atoms with E-state index in [9.17, 15) is 4.39 Å². The van der Waals surface area contributed by atoms with E-state index in [1.807, 2.05) is 12.3 Å². The van der Waals surface area contributed by atoms with Crippen molar-refractivity contribution in [2.75, 3.05) is 0 Å². The average molecular weight is 327 g/mol. The summed E-state index contributed by atoms with van der Waals surface area (Å²) in [5.41, 5.74) is 1.72. The molecule has 0 saturated carbocycles. The van der Waals surface area contributed by atoms with E-state index in [4.69, 9.17) is 0 Å². The van der Waals surface area contributed by atoms with Gasteiger partial charge < -0.3 is 5.32 Å². The van der Waals surface area contributed by atoms with Crippen molar-refractivity contribution in [2.45, 2.75) is 33.0 Å². The van der Waals surface area contributed by atoms with Crippen molar-refractivity contribution in [3.8, 4) is 0 Å². The topological polar surface area (TPSA) is 42.7 Å². The molecule has 19 heavy (non-hydrogen) atoms. The van der Waals surface area contributed by atoms with E-state index in [0.717, 1.165) is 11.3 Å². The molecule has 0 saturated heterocycles. The number of hydrogen-bond donors (Lipinski definition) is 1. The number of hydrogen-bond acceptors (Lipinski definition) is 3. The van der Waals surface area contributed by atoms with Crippen LogP contribution in [-0.2, 0) is 13.1 Å². The Balaban J connectivity index is 2.05. The minimum Gasteiger partial charge on any atom is -0.309 e. The standard InChI is InChI=1S/C13H16BrFN4/c1-9(2)16-6-11-8-19(18-17-11)7-10-4-3-5-12(15)13(10)14/h3-5,8-9,16H,6-7H2,1-2H3. The molecule has 0 aliphatic carbocycles. The van der Waals surface area contributed by atoms with Gasteiger partial charge in [-0.3, -0.25) is 0 Å². The van der Waals surface area contributed by atoms with Crippen LogP contribution >= 0.6 is 15.9 Å². The molecule has 0 atom stereocenters. The number of nitrogens with zero attached hydrogens (tertiary/aromatic N) is 3. The van der Waals surface area contributed by atoms with E-state index in [1.165, 1.54) is 6.07 Å². The van der Waals surface area contributed by atoms with Gasteiger partial charge in [-0.25, -0.2) is 9.07 Å². The van der Waals surface area contributed by atoms with Gasteiger partial charge >= 0.3 is 0 Å². The summed E-state index contributed by atoms with van der Waals surface area (Å²) in [5.74, 6) is -0.265. The summed E-state index contributed by atoms with van der Waals surface area (Å²) in [7, 11) is 0. The van der Waals surface area contributed by atoms with E-state index < -0.39 is 0 Å². The maximum Gasteiger partial charge on any atom is 0.137 e. The summed E-state index contributed by atoms with van der Waals surface area (Å²) in [5, 5.41) is 11.4. The predicted molar refractivity (Wildman–Crippen MR) is 75.2 cm³/mol. The fourth-order valence-corrected chi connectivity index (χ4v) is 2.04. The van der Waals surface area contributed by atoms with Gasteiger partial charge in [0, 0.05) is 12.6 Å². The number of rotatable bonds is 5. The normalized spacial score (nSPS) is 11.2. The van der Waals surface area contributed by atoms with Crippen LogP contribution in [-0.4, -0.2) is 21.0 Å². The molecule has 102 valence electrons. The Kier molecular flexibility index (Phi) is 4.66. The first-order chi connectivity index (χ1) is 9.06. The minimum absolute atomic E-state index is 0.265. The largest absolute Gasteiger partial charge is 0.309 e. The van der Waals surface area contributed by atoms with Gasteiger partial charge in [-0.1, -0.05) is 31.2 Å². The highest BCUT2D eigenvalue weighted by Gasteiger charge is 2.07. The molecule has 0 unspecified atom stereocenters. The molecule has 0 spiro atoms. The van der Waals surface area contributed by atoms with E-state index >= 15 is 0 Å². The highest BCUT2D eigenvalue weighted by Crippen LogP contribution is 2.20. The van der Waals surface area contributed by atoms with E-state index in [-0.39, 0.29) is 5.82 Å². The van der Waals surface area contributed by atoms with Crippen molar-refractivity contribution in [1.82, 2.24) is 20.3 Å². The van der Waals surface area contributed by atoms with Crippen molar-refractivity contribution in [2.24, 2.45) is 0 Å². The monoisotopic (exact) mass is 326 g/mol. The Labute approximate surface area is 120 Å². The highest BCUT2D eigenvalue weighted by atomic mass is 79.9. The van der Waals surface area contributed by atoms with Crippen LogP contribution in [0.25, 0.3) is 0 Å². The summed E-state index contributed by atoms with van der Waals surface area (Å²) in [6, 6.07) is 5.38. The van der Waals surface area contributed by atoms with Crippen molar-refractivity contribution in [3.05, 3.63) is 45.9 Å². The zero-order chi connectivity index (χ0) is 13.8. The second-order valence-electron chi connectivity index (χ2n) is 4.66. The zero-order valence-electron chi connectivity index (χ0n) is 10.9. The summed E-state index contributed by atoms with van der Waals surface area (Å²) in [4.78, 5) is 0. The van der Waals surface area contributed by atoms with E-state index in [2.05, 4.69) is 45.4 Å². The van der Waals surface area contributed by atoms with Crippen LogP contribution in [0.2, 0.25) is 0 Å². The maximum atomic E-state index is 13.4. The first-order valence-corrected chi connectivity index (χ1v) is 6.91. The van der Waals surface area contributed by atoms with E-state index in [1.54, 1.807) is 10.7 Å². The quantitative estimate of drug-likeness (QED) is 0.918. The molecule has 0 bridgehead atoms. The summed E-state index contributed by atoms with van der Waals surface area (Å²) < 4.78 is 15.6. The van der Waals surface area contributed by atoms with Gasteiger partial charge in [-0.2, -0.15) is 0 Å². The van der Waals surface area contributed by atoms with Crippen LogP contribution in [0.1, 0.15) is 25.1 Å². The maximum absolute atomic E-state index is 13.4. The smallest absolute Gasteiger partial charge is 0.137 e. The lowest BCUT2D eigenvalue weighted by atomic mass is 10.2. The van der Waals surface area contributed by atoms with Crippen LogP contribution in [0.5, 0.6) is 0 Å². The van der Waals surface area contributed by atoms with E-state index in [0.29, 0.717) is 23.6 Å². The predicted octanol–water partition coefficient (Wildman–Crippen LogP) is 2.73. The van der Waals surface area contributed by atoms with Gasteiger partial charge in [0.15, 0.2) is 0 Å². The number of halogens is 2. The van der Waals surface area contributed by atoms with Gasteiger partial charge in [0.2, 0.25) is 0 Å². The minimum atomic E-state index is -0.265. The van der Waals surface area contributed by atoms with Gasteiger partial charge in [-0.05, 0) is 27.6 Å². The second kappa shape index (κ2) is 6.25. The highest BCUT2D eigenvalue weighted by molar-refractivity contribution is 9.10. The van der Waals surface area contributed by atoms with Crippen LogP contribution < -0.4 is 5.32 Å². The Morgan fingerprint density at radius 2 is 2.21 bits per heavy atom. The fraction of sp³-hybridized carbons (Fsp3) is 0.385. The molecule has 2 aromatic rings. The Bertz CT molecular complexity index is 553. The molecule has 0 radical (unpaired) electrons. The zero-order valence-corrected chi connectivity index (χ0v) is 12.5. The SMILES string of the molecule is CC(C)NCc1cn(Cc2cccc(F)c2Br)nn1. The second-order valence-corrected chi connectivity index (χ2v) is 5.45. The number of nitrogens with one attached hydrogen (secondary N) is 1. The van der Waals surface area contributed by atoms with Gasteiger partial charge in [0.1, 0.15) is 5.82 Å². The van der Waals surface area contributed by atoms with Crippen molar-refractivity contribution < 1.29 is 4.39 Å². The molecule has 0 amide bonds.